The first-order valence-corrected chi connectivity index (χ1v) is 8.79. The molecule has 2 aliphatic rings. The quantitative estimate of drug-likeness (QED) is 0.710. The molecule has 2 rings (SSSR count). The Morgan fingerprint density at radius 3 is 2.82 bits per heavy atom. The van der Waals surface area contributed by atoms with Crippen LogP contribution in [0.15, 0.2) is 35.1 Å². The average molecular weight is 251 g/mol. The Balaban J connectivity index is 2.09. The third kappa shape index (κ3) is 3.05. The topological polar surface area (TPSA) is 12.0 Å². The molecule has 0 radical (unpaired) electrons. The molecule has 96 valence electrons. The molecule has 1 aliphatic carbocycles. The lowest BCUT2D eigenvalue weighted by Gasteiger charge is -2.32. The van der Waals surface area contributed by atoms with Gasteiger partial charge in [-0.3, -0.25) is 4.72 Å². The minimum absolute atomic E-state index is 0.831. The summed E-state index contributed by atoms with van der Waals surface area (Å²) in [5.74, 6) is 1.91. The lowest BCUT2D eigenvalue weighted by atomic mass is 9.84. The molecule has 2 heteroatoms. The molecule has 0 aromatic carbocycles. The van der Waals surface area contributed by atoms with Crippen LogP contribution >= 0.6 is 10.2 Å². The number of allylic oxidation sites excluding steroid dienone is 2. The van der Waals surface area contributed by atoms with Crippen LogP contribution in [0.5, 0.6) is 0 Å². The van der Waals surface area contributed by atoms with Crippen molar-refractivity contribution in [2.75, 3.05) is 12.3 Å². The molecule has 1 N–H and O–H groups in total. The largest absolute Gasteiger partial charge is 0.274 e. The number of hydrogen-bond acceptors (Lipinski definition) is 1. The lowest BCUT2D eigenvalue weighted by molar-refractivity contribution is 0.409. The highest BCUT2D eigenvalue weighted by Gasteiger charge is 2.25. The van der Waals surface area contributed by atoms with Gasteiger partial charge in [0.15, 0.2) is 0 Å². The van der Waals surface area contributed by atoms with Gasteiger partial charge in [-0.15, -0.1) is 16.8 Å². The van der Waals surface area contributed by atoms with Crippen molar-refractivity contribution in [2.24, 2.45) is 5.92 Å². The third-order valence-electron chi connectivity index (χ3n) is 3.73. The van der Waals surface area contributed by atoms with Crippen molar-refractivity contribution < 1.29 is 0 Å². The summed E-state index contributed by atoms with van der Waals surface area (Å²) in [6.45, 7) is 7.14. The van der Waals surface area contributed by atoms with E-state index >= 15 is 0 Å². The summed E-state index contributed by atoms with van der Waals surface area (Å²) in [4.78, 5) is 0. The molecule has 1 heterocycles. The summed E-state index contributed by atoms with van der Waals surface area (Å²) in [5.41, 5.74) is 1.60. The van der Waals surface area contributed by atoms with Gasteiger partial charge in [0.2, 0.25) is 0 Å². The summed E-state index contributed by atoms with van der Waals surface area (Å²) in [5, 5.41) is 4.95. The van der Waals surface area contributed by atoms with Gasteiger partial charge in [0, 0.05) is 12.3 Å². The van der Waals surface area contributed by atoms with Crippen molar-refractivity contribution in [1.82, 2.24) is 4.72 Å². The van der Waals surface area contributed by atoms with Crippen molar-refractivity contribution in [3.63, 3.8) is 0 Å². The van der Waals surface area contributed by atoms with Crippen molar-refractivity contribution in [1.29, 1.82) is 0 Å². The molecular weight excluding hydrogens is 226 g/mol. The fraction of sp³-hybridized carbons (Fsp3) is 0.600. The van der Waals surface area contributed by atoms with E-state index in [1.165, 1.54) is 32.1 Å². The number of rotatable bonds is 5. The van der Waals surface area contributed by atoms with E-state index in [9.17, 15) is 0 Å². The molecule has 0 bridgehead atoms. The van der Waals surface area contributed by atoms with Gasteiger partial charge in [-0.2, -0.15) is 0 Å². The molecule has 1 unspecified atom stereocenters. The molecule has 0 aromatic heterocycles. The first kappa shape index (κ1) is 13.0. The Labute approximate surface area is 108 Å². The molecule has 17 heavy (non-hydrogen) atoms. The van der Waals surface area contributed by atoms with Gasteiger partial charge in [-0.1, -0.05) is 38.3 Å². The first-order valence-electron chi connectivity index (χ1n) is 6.86. The summed E-state index contributed by atoms with van der Waals surface area (Å²) >= 11 is 0. The minimum Gasteiger partial charge on any atom is -0.274 e. The van der Waals surface area contributed by atoms with Gasteiger partial charge in [0.1, 0.15) is 0 Å². The van der Waals surface area contributed by atoms with Crippen molar-refractivity contribution in [3.8, 4) is 0 Å². The summed E-state index contributed by atoms with van der Waals surface area (Å²) in [6, 6.07) is 0. The molecule has 0 aromatic rings. The number of nitrogens with one attached hydrogen (secondary N) is 1. The smallest absolute Gasteiger partial charge is 0.0139 e. The van der Waals surface area contributed by atoms with E-state index < -0.39 is 10.2 Å². The van der Waals surface area contributed by atoms with Crippen LogP contribution in [0, 0.1) is 5.92 Å². The second-order valence-corrected chi connectivity index (χ2v) is 7.89. The minimum atomic E-state index is -0.870. The van der Waals surface area contributed by atoms with Gasteiger partial charge in [0.25, 0.3) is 0 Å². The van der Waals surface area contributed by atoms with Crippen LogP contribution in [0.4, 0.5) is 0 Å². The molecule has 0 spiro atoms. The second-order valence-electron chi connectivity index (χ2n) is 5.06. The van der Waals surface area contributed by atoms with E-state index in [0.29, 0.717) is 0 Å². The second kappa shape index (κ2) is 5.92. The Bertz CT molecular complexity index is 326. The third-order valence-corrected chi connectivity index (χ3v) is 6.66. The van der Waals surface area contributed by atoms with Crippen LogP contribution in [0.3, 0.4) is 0 Å². The van der Waals surface area contributed by atoms with Crippen molar-refractivity contribution in [2.45, 2.75) is 39.0 Å². The van der Waals surface area contributed by atoms with E-state index in [-0.39, 0.29) is 0 Å². The van der Waals surface area contributed by atoms with Crippen LogP contribution in [0.2, 0.25) is 0 Å². The Kier molecular flexibility index (Phi) is 4.52. The fourth-order valence-corrected chi connectivity index (χ4v) is 5.57. The maximum Gasteiger partial charge on any atom is 0.0139 e. The normalized spacial score (nSPS) is 33.1. The highest BCUT2D eigenvalue weighted by molar-refractivity contribution is 8.37. The van der Waals surface area contributed by atoms with Gasteiger partial charge in [-0.25, -0.2) is 0 Å². The van der Waals surface area contributed by atoms with E-state index in [2.05, 4.69) is 41.2 Å². The molecule has 1 aliphatic heterocycles. The number of hydrogen-bond donors (Lipinski definition) is 1. The molecule has 1 saturated carbocycles. The van der Waals surface area contributed by atoms with Crippen LogP contribution in [-0.2, 0) is 0 Å². The molecule has 1 nitrogen and oxygen atoms in total. The first-order chi connectivity index (χ1) is 8.29. The van der Waals surface area contributed by atoms with Crippen molar-refractivity contribution in [3.05, 3.63) is 35.1 Å². The van der Waals surface area contributed by atoms with Crippen LogP contribution in [0.1, 0.15) is 39.0 Å². The molecular formula is C15H25NS. The summed E-state index contributed by atoms with van der Waals surface area (Å²) in [7, 11) is -0.870. The summed E-state index contributed by atoms with van der Waals surface area (Å²) < 4.78 is 3.68. The Hall–Kier alpha value is -0.470. The zero-order chi connectivity index (χ0) is 12.1. The Morgan fingerprint density at radius 1 is 1.41 bits per heavy atom. The van der Waals surface area contributed by atoms with E-state index in [4.69, 9.17) is 0 Å². The van der Waals surface area contributed by atoms with Crippen molar-refractivity contribution >= 4 is 10.2 Å². The molecule has 0 saturated heterocycles. The van der Waals surface area contributed by atoms with Gasteiger partial charge in [-0.05, 0) is 35.1 Å². The van der Waals surface area contributed by atoms with E-state index in [0.717, 1.165) is 18.2 Å². The molecule has 0 amide bonds. The van der Waals surface area contributed by atoms with Crippen LogP contribution in [0.25, 0.3) is 0 Å². The average Bonchev–Trinajstić information content (AvgIpc) is 2.76. The predicted octanol–water partition coefficient (Wildman–Crippen LogP) is 4.49. The van der Waals surface area contributed by atoms with E-state index in [1.54, 1.807) is 5.57 Å². The van der Waals surface area contributed by atoms with Crippen LogP contribution in [-0.4, -0.2) is 12.3 Å². The van der Waals surface area contributed by atoms with Crippen LogP contribution < -0.4 is 4.72 Å². The lowest BCUT2D eigenvalue weighted by Crippen LogP contribution is -2.18. The zero-order valence-corrected chi connectivity index (χ0v) is 11.8. The van der Waals surface area contributed by atoms with Gasteiger partial charge >= 0.3 is 0 Å². The maximum atomic E-state index is 3.91. The summed E-state index contributed by atoms with van der Waals surface area (Å²) in [6.07, 6.45) is 11.5. The highest BCUT2D eigenvalue weighted by Crippen LogP contribution is 2.53. The monoisotopic (exact) mass is 251 g/mol. The van der Waals surface area contributed by atoms with Gasteiger partial charge in [0.05, 0.1) is 0 Å². The zero-order valence-electron chi connectivity index (χ0n) is 11.0. The fourth-order valence-electron chi connectivity index (χ4n) is 2.91. The SMILES string of the molecule is C=CCS1(NCC)C=CC(C2CCCCC2)=C1. The molecule has 1 atom stereocenters. The molecule has 1 fully saturated rings. The van der Waals surface area contributed by atoms with Gasteiger partial charge < -0.3 is 0 Å². The highest BCUT2D eigenvalue weighted by atomic mass is 32.3. The Morgan fingerprint density at radius 2 is 2.18 bits per heavy atom. The standard InChI is InChI=1S/C15H25NS/c1-3-11-17(16-4-2)12-10-15(13-17)14-8-6-5-7-9-14/h3,10,12-14,16H,1,4-9,11H2,2H3. The van der Waals surface area contributed by atoms with E-state index in [1.807, 2.05) is 0 Å². The maximum absolute atomic E-state index is 3.91. The predicted molar refractivity (Wildman–Crippen MR) is 80.1 cm³/mol.